The van der Waals surface area contributed by atoms with E-state index in [1.807, 2.05) is 29.2 Å². The molecule has 4 nitrogen and oxygen atoms in total. The Kier molecular flexibility index (Phi) is 3.90. The van der Waals surface area contributed by atoms with Crippen LogP contribution in [-0.4, -0.2) is 20.8 Å². The number of nitrogens with zero attached hydrogens (tertiary/aromatic N) is 3. The largest absolute Gasteiger partial charge is 0.358 e. The van der Waals surface area contributed by atoms with Crippen molar-refractivity contribution < 1.29 is 4.39 Å². The molecule has 2 atom stereocenters. The van der Waals surface area contributed by atoms with Crippen molar-refractivity contribution in [1.82, 2.24) is 14.8 Å². The van der Waals surface area contributed by atoms with Crippen LogP contribution in [0, 0.1) is 5.82 Å². The van der Waals surface area contributed by atoms with Crippen LogP contribution < -0.4 is 5.32 Å². The van der Waals surface area contributed by atoms with Gasteiger partial charge in [0.05, 0.1) is 17.2 Å². The molecule has 1 saturated carbocycles. The summed E-state index contributed by atoms with van der Waals surface area (Å²) in [7, 11) is 0. The van der Waals surface area contributed by atoms with Crippen LogP contribution in [0.5, 0.6) is 0 Å². The number of hydrogen-bond donors (Lipinski definition) is 1. The van der Waals surface area contributed by atoms with Crippen molar-refractivity contribution in [2.45, 2.75) is 24.9 Å². The Hall–Kier alpha value is -1.73. The van der Waals surface area contributed by atoms with E-state index in [1.165, 1.54) is 17.7 Å². The molecule has 2 aromatic heterocycles. The lowest BCUT2D eigenvalue weighted by molar-refractivity contribution is 0.627. The molecule has 0 aliphatic heterocycles. The average molecular weight is 393 g/mol. The number of halogens is 2. The molecular formula is C16H14BrFN4S. The third-order valence-electron chi connectivity index (χ3n) is 3.87. The normalized spacial score (nSPS) is 19.7. The summed E-state index contributed by atoms with van der Waals surface area (Å²) in [6.45, 7) is 0.719. The van der Waals surface area contributed by atoms with Gasteiger partial charge in [0.2, 0.25) is 0 Å². The Morgan fingerprint density at radius 3 is 2.87 bits per heavy atom. The summed E-state index contributed by atoms with van der Waals surface area (Å²) < 4.78 is 15.8. The highest BCUT2D eigenvalue weighted by Gasteiger charge is 2.38. The summed E-state index contributed by atoms with van der Waals surface area (Å²) in [5.41, 5.74) is 1.18. The third-order valence-corrected chi connectivity index (χ3v) is 5.19. The zero-order valence-corrected chi connectivity index (χ0v) is 14.5. The lowest BCUT2D eigenvalue weighted by Gasteiger charge is -2.02. The molecule has 0 radical (unpaired) electrons. The fourth-order valence-corrected chi connectivity index (χ4v) is 3.82. The molecule has 3 aromatic rings. The van der Waals surface area contributed by atoms with Crippen LogP contribution in [0.4, 0.5) is 9.52 Å². The first-order valence-corrected chi connectivity index (χ1v) is 8.93. The quantitative estimate of drug-likeness (QED) is 0.705. The van der Waals surface area contributed by atoms with Gasteiger partial charge in [-0.05, 0) is 40.0 Å². The first-order valence-electron chi connectivity index (χ1n) is 7.32. The van der Waals surface area contributed by atoms with Crippen LogP contribution in [0.2, 0.25) is 0 Å². The van der Waals surface area contributed by atoms with E-state index < -0.39 is 0 Å². The zero-order valence-electron chi connectivity index (χ0n) is 12.1. The van der Waals surface area contributed by atoms with E-state index in [0.29, 0.717) is 12.0 Å². The summed E-state index contributed by atoms with van der Waals surface area (Å²) >= 11 is 5.04. The molecule has 1 fully saturated rings. The highest BCUT2D eigenvalue weighted by molar-refractivity contribution is 9.10. The van der Waals surface area contributed by atoms with Crippen LogP contribution in [-0.2, 0) is 6.54 Å². The predicted molar refractivity (Wildman–Crippen MR) is 92.3 cm³/mol. The van der Waals surface area contributed by atoms with Crippen LogP contribution in [0.3, 0.4) is 0 Å². The Morgan fingerprint density at radius 2 is 2.13 bits per heavy atom. The van der Waals surface area contributed by atoms with Gasteiger partial charge in [-0.15, -0.1) is 11.3 Å². The Bertz CT molecular complexity index is 814. The van der Waals surface area contributed by atoms with Crippen molar-refractivity contribution in [1.29, 1.82) is 0 Å². The minimum absolute atomic E-state index is 0.186. The summed E-state index contributed by atoms with van der Waals surface area (Å²) in [5.74, 6) is 0.263. The van der Waals surface area contributed by atoms with Crippen LogP contribution in [0.1, 0.15) is 22.8 Å². The highest BCUT2D eigenvalue weighted by Crippen LogP contribution is 2.43. The van der Waals surface area contributed by atoms with Gasteiger partial charge in [-0.1, -0.05) is 12.1 Å². The molecule has 0 bridgehead atoms. The van der Waals surface area contributed by atoms with Crippen LogP contribution in [0.25, 0.3) is 0 Å². The monoisotopic (exact) mass is 392 g/mol. The summed E-state index contributed by atoms with van der Waals surface area (Å²) in [4.78, 5) is 5.59. The lowest BCUT2D eigenvalue weighted by Crippen LogP contribution is -2.03. The number of thiazole rings is 1. The first-order chi connectivity index (χ1) is 11.2. The van der Waals surface area contributed by atoms with Crippen molar-refractivity contribution in [2.24, 2.45) is 0 Å². The fourth-order valence-electron chi connectivity index (χ4n) is 2.62. The molecule has 1 aliphatic rings. The number of rotatable bonds is 5. The van der Waals surface area contributed by atoms with E-state index in [0.717, 1.165) is 27.4 Å². The van der Waals surface area contributed by atoms with Crippen molar-refractivity contribution in [3.05, 3.63) is 63.6 Å². The zero-order chi connectivity index (χ0) is 15.8. The van der Waals surface area contributed by atoms with Crippen molar-refractivity contribution >= 4 is 32.4 Å². The van der Waals surface area contributed by atoms with E-state index in [1.54, 1.807) is 17.5 Å². The number of aromatic nitrogens is 3. The SMILES string of the molecule is Fc1ccc([C@@H]2C[C@H]2Nc2ncc(Cn3cc(Br)cn3)s2)cc1. The number of nitrogens with one attached hydrogen (secondary N) is 1. The van der Waals surface area contributed by atoms with Gasteiger partial charge in [0.15, 0.2) is 5.13 Å². The maximum Gasteiger partial charge on any atom is 0.183 e. The number of hydrogen-bond acceptors (Lipinski definition) is 4. The maximum atomic E-state index is 13.0. The minimum atomic E-state index is -0.186. The second kappa shape index (κ2) is 6.05. The highest BCUT2D eigenvalue weighted by atomic mass is 79.9. The molecule has 1 N–H and O–H groups in total. The molecule has 1 aliphatic carbocycles. The Labute approximate surface area is 145 Å². The smallest absolute Gasteiger partial charge is 0.183 e. The molecular weight excluding hydrogens is 379 g/mol. The molecule has 1 aromatic carbocycles. The molecule has 23 heavy (non-hydrogen) atoms. The lowest BCUT2D eigenvalue weighted by atomic mass is 10.1. The Balaban J connectivity index is 1.36. The van der Waals surface area contributed by atoms with E-state index in [9.17, 15) is 4.39 Å². The van der Waals surface area contributed by atoms with Crippen molar-refractivity contribution in [3.63, 3.8) is 0 Å². The molecule has 7 heteroatoms. The number of benzene rings is 1. The second-order valence-electron chi connectivity index (χ2n) is 5.63. The van der Waals surface area contributed by atoms with Crippen molar-refractivity contribution in [3.8, 4) is 0 Å². The van der Waals surface area contributed by atoms with E-state index in [2.05, 4.69) is 31.3 Å². The summed E-state index contributed by atoms with van der Waals surface area (Å²) in [6, 6.07) is 7.16. The van der Waals surface area contributed by atoms with Gasteiger partial charge < -0.3 is 5.32 Å². The van der Waals surface area contributed by atoms with Gasteiger partial charge in [0.1, 0.15) is 5.82 Å². The maximum absolute atomic E-state index is 13.0. The average Bonchev–Trinajstić information content (AvgIpc) is 2.94. The van der Waals surface area contributed by atoms with E-state index >= 15 is 0 Å². The summed E-state index contributed by atoms with van der Waals surface area (Å²) in [6.07, 6.45) is 6.67. The van der Waals surface area contributed by atoms with Gasteiger partial charge in [-0.2, -0.15) is 5.10 Å². The molecule has 4 rings (SSSR count). The van der Waals surface area contributed by atoms with E-state index in [4.69, 9.17) is 0 Å². The fraction of sp³-hybridized carbons (Fsp3) is 0.250. The Morgan fingerprint density at radius 1 is 1.30 bits per heavy atom. The number of anilines is 1. The predicted octanol–water partition coefficient (Wildman–Crippen LogP) is 4.26. The van der Waals surface area contributed by atoms with Crippen LogP contribution in [0.15, 0.2) is 47.3 Å². The molecule has 0 spiro atoms. The first kappa shape index (κ1) is 14.8. The molecule has 2 heterocycles. The minimum Gasteiger partial charge on any atom is -0.358 e. The van der Waals surface area contributed by atoms with E-state index in [-0.39, 0.29) is 5.82 Å². The van der Waals surface area contributed by atoms with Gasteiger partial charge in [-0.25, -0.2) is 9.37 Å². The van der Waals surface area contributed by atoms with Crippen LogP contribution >= 0.6 is 27.3 Å². The molecule has 0 saturated heterocycles. The third kappa shape index (κ3) is 3.45. The van der Waals surface area contributed by atoms with Gasteiger partial charge in [0.25, 0.3) is 0 Å². The van der Waals surface area contributed by atoms with Crippen molar-refractivity contribution in [2.75, 3.05) is 5.32 Å². The molecule has 118 valence electrons. The topological polar surface area (TPSA) is 42.7 Å². The van der Waals surface area contributed by atoms with Gasteiger partial charge >= 0.3 is 0 Å². The summed E-state index contributed by atoms with van der Waals surface area (Å²) in [5, 5.41) is 8.65. The van der Waals surface area contributed by atoms with Gasteiger partial charge in [0, 0.05) is 29.2 Å². The van der Waals surface area contributed by atoms with Gasteiger partial charge in [-0.3, -0.25) is 4.68 Å². The molecule has 0 unspecified atom stereocenters. The molecule has 0 amide bonds. The second-order valence-corrected chi connectivity index (χ2v) is 7.66. The standard InChI is InChI=1S/C16H14BrFN4S/c17-11-6-20-22(8-11)9-13-7-19-16(23-13)21-15-5-14(15)10-1-3-12(18)4-2-10/h1-4,6-8,14-15H,5,9H2,(H,19,21)/t14-,15+/m0/s1.